The first-order valence-corrected chi connectivity index (χ1v) is 18.4. The van der Waals surface area contributed by atoms with Gasteiger partial charge in [-0.25, -0.2) is 0 Å². The van der Waals surface area contributed by atoms with Crippen LogP contribution >= 0.6 is 0 Å². The fourth-order valence-electron chi connectivity index (χ4n) is 11.2. The van der Waals surface area contributed by atoms with Crippen molar-refractivity contribution in [2.24, 2.45) is 0 Å². The number of nitrogens with zero attached hydrogens (tertiary/aromatic N) is 2. The summed E-state index contributed by atoms with van der Waals surface area (Å²) in [5.41, 5.74) is 23.3. The summed E-state index contributed by atoms with van der Waals surface area (Å²) >= 11 is 0. The summed E-state index contributed by atoms with van der Waals surface area (Å²) in [5.74, 6) is 0. The summed E-state index contributed by atoms with van der Waals surface area (Å²) in [4.78, 5) is 0. The molecule has 0 N–H and O–H groups in total. The van der Waals surface area contributed by atoms with Gasteiger partial charge in [0.15, 0.2) is 0 Å². The quantitative estimate of drug-likeness (QED) is 0.145. The van der Waals surface area contributed by atoms with Gasteiger partial charge in [-0.1, -0.05) is 119 Å². The number of hydrogen-bond donors (Lipinski definition) is 0. The molecule has 0 spiro atoms. The lowest BCUT2D eigenvalue weighted by Gasteiger charge is -2.33. The third-order valence-corrected chi connectivity index (χ3v) is 13.5. The molecule has 0 saturated carbocycles. The number of benzene rings is 7. The molecule has 0 fully saturated rings. The first-order valence-electron chi connectivity index (χ1n) is 18.4. The zero-order chi connectivity index (χ0) is 33.7. The maximum Gasteiger partial charge on any atom is 0.252 e. The molecule has 238 valence electrons. The maximum absolute atomic E-state index is 2.61. The lowest BCUT2D eigenvalue weighted by atomic mass is 9.34. The molecule has 4 heterocycles. The number of rotatable bonds is 0. The van der Waals surface area contributed by atoms with Crippen molar-refractivity contribution in [3.63, 3.8) is 0 Å². The Bertz CT molecular complexity index is 2940. The normalized spacial score (nSPS) is 16.1. The van der Waals surface area contributed by atoms with Gasteiger partial charge in [0.2, 0.25) is 0 Å². The van der Waals surface area contributed by atoms with Gasteiger partial charge in [0.25, 0.3) is 6.71 Å². The average molecular weight is 649 g/mol. The van der Waals surface area contributed by atoms with E-state index in [1.807, 2.05) is 0 Å². The highest BCUT2D eigenvalue weighted by atomic mass is 15.0. The molecule has 51 heavy (non-hydrogen) atoms. The number of para-hydroxylation sites is 2. The number of hydrogen-bond acceptors (Lipinski definition) is 0. The standard InChI is InChI=1S/C48H33BN2/c1-47(2)34-16-7-5-12-26(34)30-22-32-28-14-9-18-38-45(28)50(42(32)24-36(30)47)40-20-11-21-41-44(40)49(38)39-19-10-15-29-33-23-31-27-13-6-8-17-35(27)48(3,4)37(31)25-43(33)51(41)46(29)39/h5-25H,1-4H3. The zero-order valence-electron chi connectivity index (χ0n) is 29.1. The minimum absolute atomic E-state index is 0.0602. The van der Waals surface area contributed by atoms with E-state index in [1.165, 1.54) is 116 Å². The second kappa shape index (κ2) is 8.38. The van der Waals surface area contributed by atoms with Crippen molar-refractivity contribution >= 4 is 66.7 Å². The molecule has 0 saturated heterocycles. The van der Waals surface area contributed by atoms with Gasteiger partial charge in [0.05, 0.1) is 11.0 Å². The molecular weight excluding hydrogens is 615 g/mol. The van der Waals surface area contributed by atoms with Crippen molar-refractivity contribution in [2.45, 2.75) is 38.5 Å². The molecule has 0 amide bonds. The average Bonchev–Trinajstić information content (AvgIpc) is 3.80. The van der Waals surface area contributed by atoms with E-state index in [0.29, 0.717) is 0 Å². The van der Waals surface area contributed by atoms with E-state index in [0.717, 1.165) is 0 Å². The molecule has 2 aliphatic heterocycles. The van der Waals surface area contributed by atoms with Gasteiger partial charge in [0.1, 0.15) is 0 Å². The van der Waals surface area contributed by atoms with Gasteiger partial charge < -0.3 is 9.13 Å². The van der Waals surface area contributed by atoms with Crippen LogP contribution in [0.4, 0.5) is 0 Å². The molecule has 13 rings (SSSR count). The van der Waals surface area contributed by atoms with E-state index in [2.05, 4.69) is 164 Å². The fourth-order valence-corrected chi connectivity index (χ4v) is 11.2. The van der Waals surface area contributed by atoms with Crippen LogP contribution in [0.1, 0.15) is 49.9 Å². The largest absolute Gasteiger partial charge is 0.310 e. The monoisotopic (exact) mass is 648 g/mol. The van der Waals surface area contributed by atoms with E-state index < -0.39 is 0 Å². The fraction of sp³-hybridized carbons (Fsp3) is 0.125. The van der Waals surface area contributed by atoms with Crippen molar-refractivity contribution in [1.82, 2.24) is 9.13 Å². The summed E-state index contributed by atoms with van der Waals surface area (Å²) < 4.78 is 5.23. The molecule has 0 radical (unpaired) electrons. The van der Waals surface area contributed by atoms with Crippen molar-refractivity contribution in [2.75, 3.05) is 0 Å². The van der Waals surface area contributed by atoms with Crippen molar-refractivity contribution in [3.05, 3.63) is 150 Å². The minimum atomic E-state index is -0.0602. The minimum Gasteiger partial charge on any atom is -0.310 e. The molecule has 7 aromatic carbocycles. The van der Waals surface area contributed by atoms with Crippen LogP contribution in [0.15, 0.2) is 127 Å². The molecule has 0 atom stereocenters. The predicted molar refractivity (Wildman–Crippen MR) is 215 cm³/mol. The Hall–Kier alpha value is -5.80. The summed E-state index contributed by atoms with van der Waals surface area (Å²) in [6.07, 6.45) is 0. The van der Waals surface area contributed by atoms with Crippen molar-refractivity contribution < 1.29 is 0 Å². The first kappa shape index (κ1) is 27.0. The van der Waals surface area contributed by atoms with Gasteiger partial charge in [-0.2, -0.15) is 0 Å². The molecule has 4 aliphatic rings. The Morgan fingerprint density at radius 3 is 1.35 bits per heavy atom. The second-order valence-electron chi connectivity index (χ2n) is 16.5. The zero-order valence-corrected chi connectivity index (χ0v) is 29.1. The molecule has 2 aliphatic carbocycles. The maximum atomic E-state index is 2.61. The van der Waals surface area contributed by atoms with E-state index in [-0.39, 0.29) is 17.5 Å². The smallest absolute Gasteiger partial charge is 0.252 e. The van der Waals surface area contributed by atoms with Crippen LogP contribution in [0, 0.1) is 0 Å². The third-order valence-electron chi connectivity index (χ3n) is 13.5. The van der Waals surface area contributed by atoms with E-state index in [1.54, 1.807) is 0 Å². The number of fused-ring (bicyclic) bond motifs is 16. The third kappa shape index (κ3) is 2.85. The van der Waals surface area contributed by atoms with Gasteiger partial charge in [-0.3, -0.25) is 0 Å². The highest BCUT2D eigenvalue weighted by Gasteiger charge is 2.43. The summed E-state index contributed by atoms with van der Waals surface area (Å²) in [5, 5.41) is 5.38. The molecule has 2 nitrogen and oxygen atoms in total. The van der Waals surface area contributed by atoms with E-state index in [4.69, 9.17) is 0 Å². The lowest BCUT2D eigenvalue weighted by molar-refractivity contribution is 0.661. The Kier molecular flexibility index (Phi) is 4.44. The summed E-state index contributed by atoms with van der Waals surface area (Å²) in [6.45, 7) is 9.73. The lowest BCUT2D eigenvalue weighted by Crippen LogP contribution is -2.59. The SMILES string of the molecule is CC1(C)c2ccccc2-c2cc3c4cccc5c4n(c3cc21)-c1cccc2c1B5c1cccc3c4cc5c(cc4n-2c13)C(C)(C)c1ccccc1-5. The second-order valence-corrected chi connectivity index (χ2v) is 16.5. The van der Waals surface area contributed by atoms with E-state index in [9.17, 15) is 0 Å². The Morgan fingerprint density at radius 2 is 0.863 bits per heavy atom. The van der Waals surface area contributed by atoms with Crippen molar-refractivity contribution in [1.29, 1.82) is 0 Å². The molecule has 0 bridgehead atoms. The first-order chi connectivity index (χ1) is 24.8. The van der Waals surface area contributed by atoms with Gasteiger partial charge in [-0.05, 0) is 97.3 Å². The topological polar surface area (TPSA) is 9.86 Å². The van der Waals surface area contributed by atoms with Crippen LogP contribution < -0.4 is 16.4 Å². The molecule has 9 aromatic rings. The van der Waals surface area contributed by atoms with Crippen LogP contribution in [0.3, 0.4) is 0 Å². The Morgan fingerprint density at radius 1 is 0.412 bits per heavy atom. The Balaban J connectivity index is 1.16. The Labute approximate surface area is 296 Å². The van der Waals surface area contributed by atoms with Gasteiger partial charge >= 0.3 is 0 Å². The highest BCUT2D eigenvalue weighted by Crippen LogP contribution is 2.53. The summed E-state index contributed by atoms with van der Waals surface area (Å²) in [7, 11) is 0. The highest BCUT2D eigenvalue weighted by molar-refractivity contribution is 7.00. The van der Waals surface area contributed by atoms with Crippen LogP contribution in [0.2, 0.25) is 0 Å². The van der Waals surface area contributed by atoms with E-state index >= 15 is 0 Å². The molecule has 0 unspecified atom stereocenters. The van der Waals surface area contributed by atoms with Crippen LogP contribution in [-0.2, 0) is 10.8 Å². The van der Waals surface area contributed by atoms with Crippen LogP contribution in [-0.4, -0.2) is 15.8 Å². The van der Waals surface area contributed by atoms with Crippen molar-refractivity contribution in [3.8, 4) is 33.6 Å². The van der Waals surface area contributed by atoms with Crippen LogP contribution in [0.5, 0.6) is 0 Å². The molecular formula is C48H33BN2. The van der Waals surface area contributed by atoms with Gasteiger partial charge in [0, 0.05) is 54.8 Å². The van der Waals surface area contributed by atoms with Crippen LogP contribution in [0.25, 0.3) is 77.2 Å². The predicted octanol–water partition coefficient (Wildman–Crippen LogP) is 9.64. The number of aromatic nitrogens is 2. The molecule has 2 aromatic heterocycles. The van der Waals surface area contributed by atoms with Gasteiger partial charge in [-0.15, -0.1) is 0 Å². The molecule has 3 heteroatoms. The summed E-state index contributed by atoms with van der Waals surface area (Å²) in [6, 6.07) is 49.2.